The number of nitrogens with one attached hydrogen (secondary N) is 6. The van der Waals surface area contributed by atoms with Crippen molar-refractivity contribution in [1.29, 1.82) is 0 Å². The number of carbonyl (C=O) groups is 8. The van der Waals surface area contributed by atoms with E-state index < -0.39 is 108 Å². The second kappa shape index (κ2) is 21.6. The Morgan fingerprint density at radius 1 is 0.564 bits per heavy atom. The number of aromatic hydroxyl groups is 1. The van der Waals surface area contributed by atoms with Gasteiger partial charge in [-0.2, -0.15) is 0 Å². The van der Waals surface area contributed by atoms with Crippen LogP contribution in [0.25, 0.3) is 0 Å². The molecular formula is C37H53N9O9. The molecule has 0 saturated carbocycles. The number of hydrogen-bond donors (Lipinski definition) is 10. The van der Waals surface area contributed by atoms with Crippen LogP contribution in [0.3, 0.4) is 0 Å². The molecule has 55 heavy (non-hydrogen) atoms. The van der Waals surface area contributed by atoms with Crippen LogP contribution in [0.5, 0.6) is 5.75 Å². The Balaban J connectivity index is 2.23. The first-order valence-corrected chi connectivity index (χ1v) is 17.7. The quantitative estimate of drug-likeness (QED) is 0.0650. The van der Waals surface area contributed by atoms with E-state index in [9.17, 15) is 43.5 Å². The van der Waals surface area contributed by atoms with Gasteiger partial charge in [-0.3, -0.25) is 38.4 Å². The fraction of sp³-hybridized carbons (Fsp3) is 0.459. The molecule has 0 aliphatic carbocycles. The average molecular weight is 768 g/mol. The van der Waals surface area contributed by atoms with Crippen LogP contribution in [-0.4, -0.2) is 95.2 Å². The molecule has 0 unspecified atom stereocenters. The maximum absolute atomic E-state index is 13.8. The summed E-state index contributed by atoms with van der Waals surface area (Å²) in [5, 5.41) is 24.5. The number of hydrogen-bond acceptors (Lipinski definition) is 10. The van der Waals surface area contributed by atoms with Crippen molar-refractivity contribution in [2.45, 2.75) is 90.1 Å². The molecule has 2 aromatic rings. The zero-order valence-electron chi connectivity index (χ0n) is 31.6. The summed E-state index contributed by atoms with van der Waals surface area (Å²) in [7, 11) is 0. The van der Waals surface area contributed by atoms with E-state index in [0.717, 1.165) is 0 Å². The number of benzene rings is 2. The molecule has 18 nitrogen and oxygen atoms in total. The van der Waals surface area contributed by atoms with Gasteiger partial charge in [0.2, 0.25) is 47.3 Å². The zero-order chi connectivity index (χ0) is 41.4. The van der Waals surface area contributed by atoms with Gasteiger partial charge in [0.1, 0.15) is 36.0 Å². The number of rotatable bonds is 21. The van der Waals surface area contributed by atoms with E-state index in [1.807, 2.05) is 0 Å². The fourth-order valence-electron chi connectivity index (χ4n) is 5.25. The van der Waals surface area contributed by atoms with Gasteiger partial charge in [0.25, 0.3) is 0 Å². The summed E-state index contributed by atoms with van der Waals surface area (Å²) >= 11 is 0. The maximum atomic E-state index is 13.8. The molecule has 2 rings (SSSR count). The van der Waals surface area contributed by atoms with Gasteiger partial charge in [0.15, 0.2) is 0 Å². The molecule has 0 bridgehead atoms. The number of carbonyl (C=O) groups excluding carboxylic acids is 8. The summed E-state index contributed by atoms with van der Waals surface area (Å²) in [4.78, 5) is 103. The predicted octanol–water partition coefficient (Wildman–Crippen LogP) is -2.26. The summed E-state index contributed by atoms with van der Waals surface area (Å²) in [6.07, 6.45) is -0.617. The topological polar surface area (TPSA) is 307 Å². The van der Waals surface area contributed by atoms with Crippen molar-refractivity contribution < 1.29 is 43.5 Å². The Morgan fingerprint density at radius 3 is 1.62 bits per heavy atom. The Morgan fingerprint density at radius 2 is 1.07 bits per heavy atom. The summed E-state index contributed by atoms with van der Waals surface area (Å²) in [5.74, 6) is -7.34. The van der Waals surface area contributed by atoms with Crippen molar-refractivity contribution >= 4 is 47.3 Å². The van der Waals surface area contributed by atoms with E-state index in [4.69, 9.17) is 17.2 Å². The number of primary amides is 2. The van der Waals surface area contributed by atoms with E-state index in [-0.39, 0.29) is 18.6 Å². The summed E-state index contributed by atoms with van der Waals surface area (Å²) in [5.41, 5.74) is 17.9. The van der Waals surface area contributed by atoms with Gasteiger partial charge in [-0.15, -0.1) is 0 Å². The summed E-state index contributed by atoms with van der Waals surface area (Å²) in [6.45, 7) is 7.49. The first kappa shape index (κ1) is 45.1. The minimum atomic E-state index is -1.59. The monoisotopic (exact) mass is 767 g/mol. The van der Waals surface area contributed by atoms with Crippen LogP contribution in [0.4, 0.5) is 0 Å². The highest BCUT2D eigenvalue weighted by Crippen LogP contribution is 2.12. The molecule has 0 aliphatic rings. The maximum Gasteiger partial charge on any atom is 0.243 e. The molecule has 0 radical (unpaired) electrons. The van der Waals surface area contributed by atoms with Crippen molar-refractivity contribution in [3.63, 3.8) is 0 Å². The molecule has 2 aromatic carbocycles. The number of phenolic OH excluding ortho intramolecular Hbond substituents is 1. The highest BCUT2D eigenvalue weighted by molar-refractivity contribution is 5.98. The number of amides is 8. The third-order valence-corrected chi connectivity index (χ3v) is 8.37. The lowest BCUT2D eigenvalue weighted by Gasteiger charge is -2.29. The van der Waals surface area contributed by atoms with E-state index in [0.29, 0.717) is 11.1 Å². The molecule has 0 heterocycles. The largest absolute Gasteiger partial charge is 0.508 e. The molecule has 13 N–H and O–H groups in total. The van der Waals surface area contributed by atoms with Crippen molar-refractivity contribution in [3.8, 4) is 5.75 Å². The van der Waals surface area contributed by atoms with Gasteiger partial charge < -0.3 is 54.2 Å². The second-order valence-electron chi connectivity index (χ2n) is 13.8. The molecule has 0 aromatic heterocycles. The molecule has 0 fully saturated rings. The molecular weight excluding hydrogens is 714 g/mol. The Hall–Kier alpha value is -6.04. The van der Waals surface area contributed by atoms with Crippen molar-refractivity contribution in [2.75, 3.05) is 6.54 Å². The predicted molar refractivity (Wildman–Crippen MR) is 201 cm³/mol. The van der Waals surface area contributed by atoms with E-state index in [1.165, 1.54) is 19.1 Å². The lowest BCUT2D eigenvalue weighted by molar-refractivity contribution is -0.136. The highest BCUT2D eigenvalue weighted by atomic mass is 16.3. The van der Waals surface area contributed by atoms with Crippen LogP contribution in [-0.2, 0) is 51.2 Å². The van der Waals surface area contributed by atoms with Crippen LogP contribution in [0.15, 0.2) is 54.6 Å². The smallest absolute Gasteiger partial charge is 0.243 e. The van der Waals surface area contributed by atoms with E-state index >= 15 is 0 Å². The normalized spacial score (nSPS) is 14.3. The van der Waals surface area contributed by atoms with Gasteiger partial charge in [0.05, 0.1) is 19.0 Å². The lowest BCUT2D eigenvalue weighted by atomic mass is 9.99. The van der Waals surface area contributed by atoms with Crippen LogP contribution in [0, 0.1) is 11.8 Å². The van der Waals surface area contributed by atoms with Crippen LogP contribution in [0.2, 0.25) is 0 Å². The minimum Gasteiger partial charge on any atom is -0.508 e. The zero-order valence-corrected chi connectivity index (χ0v) is 31.6. The Labute approximate surface area is 319 Å². The summed E-state index contributed by atoms with van der Waals surface area (Å²) in [6, 6.07) is 7.24. The fourth-order valence-corrected chi connectivity index (χ4v) is 5.25. The standard InChI is InChI=1S/C37H53N9O9/c1-19(2)30(36(54)41-18-29(40)49)46-37(55)31(20(3)4)45-35(53)27(17-28(39)48)44-34(52)26(16-22-9-7-6-8-10-22)43-32(50)21(5)42-33(51)25(38)15-23-11-13-24(47)14-12-23/h6-14,19-21,25-27,30-31,47H,15-18,38H2,1-5H3,(H2,39,48)(H2,40,49)(H,41,54)(H,42,51)(H,43,50)(H,44,52)(H,45,53)(H,46,55)/t21-,25-,26-,27-,30-,31-/m0/s1. The third-order valence-electron chi connectivity index (χ3n) is 8.37. The van der Waals surface area contributed by atoms with Crippen molar-refractivity contribution in [3.05, 3.63) is 65.7 Å². The molecule has 300 valence electrons. The van der Waals surface area contributed by atoms with Gasteiger partial charge in [0, 0.05) is 6.42 Å². The van der Waals surface area contributed by atoms with Gasteiger partial charge >= 0.3 is 0 Å². The van der Waals surface area contributed by atoms with E-state index in [2.05, 4.69) is 31.9 Å². The van der Waals surface area contributed by atoms with Crippen molar-refractivity contribution in [2.24, 2.45) is 29.0 Å². The lowest BCUT2D eigenvalue weighted by Crippen LogP contribution is -2.61. The highest BCUT2D eigenvalue weighted by Gasteiger charge is 2.34. The first-order valence-electron chi connectivity index (χ1n) is 17.7. The molecule has 8 amide bonds. The van der Waals surface area contributed by atoms with Crippen LogP contribution >= 0.6 is 0 Å². The Kier molecular flexibility index (Phi) is 17.7. The second-order valence-corrected chi connectivity index (χ2v) is 13.8. The van der Waals surface area contributed by atoms with Gasteiger partial charge in [-0.05, 0) is 48.4 Å². The molecule has 6 atom stereocenters. The number of phenols is 1. The molecule has 18 heteroatoms. The molecule has 0 spiro atoms. The third kappa shape index (κ3) is 15.5. The van der Waals surface area contributed by atoms with E-state index in [1.54, 1.807) is 70.2 Å². The first-order chi connectivity index (χ1) is 25.8. The van der Waals surface area contributed by atoms with Crippen LogP contribution < -0.4 is 49.1 Å². The molecule has 0 saturated heterocycles. The minimum absolute atomic E-state index is 0.0490. The molecule has 0 aliphatic heterocycles. The number of nitrogens with two attached hydrogens (primary N) is 3. The Bertz CT molecular complexity index is 1670. The van der Waals surface area contributed by atoms with Crippen LogP contribution in [0.1, 0.15) is 52.2 Å². The average Bonchev–Trinajstić information content (AvgIpc) is 3.11. The van der Waals surface area contributed by atoms with Crippen molar-refractivity contribution in [1.82, 2.24) is 31.9 Å². The van der Waals surface area contributed by atoms with Gasteiger partial charge in [-0.25, -0.2) is 0 Å². The van der Waals surface area contributed by atoms with Gasteiger partial charge in [-0.1, -0.05) is 70.2 Å². The summed E-state index contributed by atoms with van der Waals surface area (Å²) < 4.78 is 0. The SMILES string of the molecule is CC(C)[C@H](NC(=O)[C@H](CC(N)=O)NC(=O)[C@H](Cc1ccccc1)NC(=O)[C@H](C)NC(=O)[C@@H](N)Cc1ccc(O)cc1)C(=O)N[C@H](C(=O)NCC(N)=O)C(C)C.